The van der Waals surface area contributed by atoms with Crippen molar-refractivity contribution in [1.29, 1.82) is 0 Å². The zero-order valence-electron chi connectivity index (χ0n) is 15.4. The quantitative estimate of drug-likeness (QED) is 0.726. The Morgan fingerprint density at radius 1 is 1.10 bits per heavy atom. The molecule has 1 N–H and O–H groups in total. The molecule has 1 fully saturated rings. The van der Waals surface area contributed by atoms with E-state index >= 15 is 0 Å². The number of esters is 1. The molecule has 0 radical (unpaired) electrons. The molecule has 1 spiro atoms. The van der Waals surface area contributed by atoms with Gasteiger partial charge in [-0.3, -0.25) is 14.5 Å². The zero-order chi connectivity index (χ0) is 20.6. The summed E-state index contributed by atoms with van der Waals surface area (Å²) in [6.07, 6.45) is 2.81. The predicted molar refractivity (Wildman–Crippen MR) is 111 cm³/mol. The normalized spacial score (nSPS) is 17.0. The van der Waals surface area contributed by atoms with Gasteiger partial charge in [-0.1, -0.05) is 48.2 Å². The SMILES string of the molecule is O=C(OCC(=O)N1c2ccccc2NC(=O)C12CCCC2)c1cc(Cl)ccc1Cl. The first kappa shape index (κ1) is 19.7. The average Bonchev–Trinajstić information content (AvgIpc) is 3.19. The van der Waals surface area contributed by atoms with Crippen LogP contribution in [-0.2, 0) is 14.3 Å². The van der Waals surface area contributed by atoms with Crippen molar-refractivity contribution in [2.75, 3.05) is 16.8 Å². The number of nitrogens with zero attached hydrogens (tertiary/aromatic N) is 1. The Morgan fingerprint density at radius 3 is 2.59 bits per heavy atom. The monoisotopic (exact) mass is 432 g/mol. The van der Waals surface area contributed by atoms with Gasteiger partial charge in [-0.25, -0.2) is 4.79 Å². The van der Waals surface area contributed by atoms with E-state index in [0.29, 0.717) is 29.2 Å². The Kier molecular flexibility index (Phi) is 5.23. The maximum atomic E-state index is 13.2. The summed E-state index contributed by atoms with van der Waals surface area (Å²) >= 11 is 11.9. The number of carbonyl (C=O) groups excluding carboxylic acids is 3. The van der Waals surface area contributed by atoms with Crippen LogP contribution < -0.4 is 10.2 Å². The van der Waals surface area contributed by atoms with E-state index in [0.717, 1.165) is 12.8 Å². The summed E-state index contributed by atoms with van der Waals surface area (Å²) < 4.78 is 5.23. The van der Waals surface area contributed by atoms with Gasteiger partial charge in [-0.2, -0.15) is 0 Å². The fourth-order valence-corrected chi connectivity index (χ4v) is 4.42. The minimum atomic E-state index is -0.953. The highest BCUT2D eigenvalue weighted by Crippen LogP contribution is 2.45. The molecule has 0 unspecified atom stereocenters. The fourth-order valence-electron chi connectivity index (χ4n) is 4.05. The van der Waals surface area contributed by atoms with Gasteiger partial charge in [0.05, 0.1) is 22.0 Å². The van der Waals surface area contributed by atoms with Crippen molar-refractivity contribution in [2.24, 2.45) is 0 Å². The lowest BCUT2D eigenvalue weighted by molar-refractivity contribution is -0.129. The van der Waals surface area contributed by atoms with E-state index in [1.165, 1.54) is 17.0 Å². The van der Waals surface area contributed by atoms with Crippen LogP contribution in [0.5, 0.6) is 0 Å². The lowest BCUT2D eigenvalue weighted by Crippen LogP contribution is -2.61. The molecule has 1 aliphatic heterocycles. The van der Waals surface area contributed by atoms with Crippen LogP contribution in [0.25, 0.3) is 0 Å². The molecule has 150 valence electrons. The number of halogens is 2. The van der Waals surface area contributed by atoms with Gasteiger partial charge in [0.2, 0.25) is 0 Å². The van der Waals surface area contributed by atoms with Crippen molar-refractivity contribution in [1.82, 2.24) is 0 Å². The van der Waals surface area contributed by atoms with Crippen molar-refractivity contribution >= 4 is 52.4 Å². The highest BCUT2D eigenvalue weighted by atomic mass is 35.5. The second kappa shape index (κ2) is 7.69. The summed E-state index contributed by atoms with van der Waals surface area (Å²) in [4.78, 5) is 40.0. The molecule has 0 aromatic heterocycles. The van der Waals surface area contributed by atoms with Crippen molar-refractivity contribution in [2.45, 2.75) is 31.2 Å². The number of fused-ring (bicyclic) bond motifs is 1. The van der Waals surface area contributed by atoms with Crippen LogP contribution in [0.15, 0.2) is 42.5 Å². The molecular weight excluding hydrogens is 415 g/mol. The second-order valence-electron chi connectivity index (χ2n) is 7.14. The Morgan fingerprint density at radius 2 is 1.83 bits per heavy atom. The number of carbonyl (C=O) groups is 3. The van der Waals surface area contributed by atoms with E-state index in [4.69, 9.17) is 27.9 Å². The van der Waals surface area contributed by atoms with E-state index in [-0.39, 0.29) is 16.5 Å². The molecule has 2 aromatic rings. The largest absolute Gasteiger partial charge is 0.452 e. The molecule has 8 heteroatoms. The number of amides is 2. The molecule has 0 atom stereocenters. The molecule has 2 amide bonds. The van der Waals surface area contributed by atoms with Crippen LogP contribution in [0.2, 0.25) is 10.0 Å². The van der Waals surface area contributed by atoms with Crippen molar-refractivity contribution < 1.29 is 19.1 Å². The third kappa shape index (κ3) is 3.47. The highest BCUT2D eigenvalue weighted by molar-refractivity contribution is 6.35. The van der Waals surface area contributed by atoms with Crippen LogP contribution in [-0.4, -0.2) is 29.9 Å². The second-order valence-corrected chi connectivity index (χ2v) is 7.98. The Hall–Kier alpha value is -2.57. The molecular formula is C21H18Cl2N2O4. The number of ether oxygens (including phenoxy) is 1. The van der Waals surface area contributed by atoms with Gasteiger partial charge in [0, 0.05) is 5.02 Å². The Balaban J connectivity index is 1.60. The summed E-state index contributed by atoms with van der Waals surface area (Å²) in [5.41, 5.74) is 0.300. The summed E-state index contributed by atoms with van der Waals surface area (Å²) in [7, 11) is 0. The maximum absolute atomic E-state index is 13.2. The molecule has 1 aliphatic carbocycles. The number of benzene rings is 2. The molecule has 1 heterocycles. The lowest BCUT2D eigenvalue weighted by atomic mass is 9.90. The first-order chi connectivity index (χ1) is 13.9. The summed E-state index contributed by atoms with van der Waals surface area (Å²) in [6.45, 7) is -0.509. The molecule has 4 rings (SSSR count). The molecule has 2 aromatic carbocycles. The number of hydrogen-bond donors (Lipinski definition) is 1. The van der Waals surface area contributed by atoms with E-state index in [2.05, 4.69) is 5.32 Å². The third-order valence-corrected chi connectivity index (χ3v) is 5.96. The Labute approximate surface area is 177 Å². The molecule has 1 saturated carbocycles. The minimum absolute atomic E-state index is 0.0827. The number of hydrogen-bond acceptors (Lipinski definition) is 4. The molecule has 6 nitrogen and oxygen atoms in total. The number of nitrogens with one attached hydrogen (secondary N) is 1. The topological polar surface area (TPSA) is 75.7 Å². The van der Waals surface area contributed by atoms with Crippen LogP contribution >= 0.6 is 23.2 Å². The first-order valence-electron chi connectivity index (χ1n) is 9.28. The van der Waals surface area contributed by atoms with Gasteiger partial charge in [0.25, 0.3) is 11.8 Å². The van der Waals surface area contributed by atoms with Gasteiger partial charge >= 0.3 is 5.97 Å². The molecule has 29 heavy (non-hydrogen) atoms. The Bertz CT molecular complexity index is 1000. The molecule has 2 aliphatic rings. The van der Waals surface area contributed by atoms with Gasteiger partial charge in [0.1, 0.15) is 5.54 Å². The van der Waals surface area contributed by atoms with Gasteiger partial charge in [-0.15, -0.1) is 0 Å². The highest BCUT2D eigenvalue weighted by Gasteiger charge is 2.52. The van der Waals surface area contributed by atoms with E-state index in [9.17, 15) is 14.4 Å². The van der Waals surface area contributed by atoms with E-state index in [1.807, 2.05) is 0 Å². The summed E-state index contributed by atoms with van der Waals surface area (Å²) in [5, 5.41) is 3.42. The molecule has 0 bridgehead atoms. The van der Waals surface area contributed by atoms with Crippen LogP contribution in [0.4, 0.5) is 11.4 Å². The summed E-state index contributed by atoms with van der Waals surface area (Å²) in [6, 6.07) is 11.5. The smallest absolute Gasteiger partial charge is 0.340 e. The molecule has 0 saturated heterocycles. The van der Waals surface area contributed by atoms with Crippen molar-refractivity contribution in [3.8, 4) is 0 Å². The van der Waals surface area contributed by atoms with E-state index in [1.54, 1.807) is 30.3 Å². The van der Waals surface area contributed by atoms with Gasteiger partial charge in [-0.05, 0) is 43.2 Å². The van der Waals surface area contributed by atoms with Crippen molar-refractivity contribution in [3.05, 3.63) is 58.1 Å². The lowest BCUT2D eigenvalue weighted by Gasteiger charge is -2.44. The first-order valence-corrected chi connectivity index (χ1v) is 10.0. The maximum Gasteiger partial charge on any atom is 0.340 e. The van der Waals surface area contributed by atoms with Gasteiger partial charge in [0.15, 0.2) is 6.61 Å². The zero-order valence-corrected chi connectivity index (χ0v) is 16.9. The van der Waals surface area contributed by atoms with Crippen molar-refractivity contribution in [3.63, 3.8) is 0 Å². The van der Waals surface area contributed by atoms with E-state index < -0.39 is 24.0 Å². The van der Waals surface area contributed by atoms with Crippen LogP contribution in [0.1, 0.15) is 36.0 Å². The number of para-hydroxylation sites is 2. The van der Waals surface area contributed by atoms with Crippen LogP contribution in [0, 0.1) is 0 Å². The fraction of sp³-hybridized carbons (Fsp3) is 0.286. The minimum Gasteiger partial charge on any atom is -0.452 e. The third-order valence-electron chi connectivity index (χ3n) is 5.40. The predicted octanol–water partition coefficient (Wildman–Crippen LogP) is 4.45. The number of rotatable bonds is 3. The average molecular weight is 433 g/mol. The summed E-state index contributed by atoms with van der Waals surface area (Å²) in [5.74, 6) is -1.41. The van der Waals surface area contributed by atoms with Crippen LogP contribution in [0.3, 0.4) is 0 Å². The number of anilines is 2. The van der Waals surface area contributed by atoms with Gasteiger partial charge < -0.3 is 10.1 Å². The standard InChI is InChI=1S/C21H18Cl2N2O4/c22-13-7-8-15(23)14(11-13)19(27)29-12-18(26)25-17-6-2-1-5-16(17)24-20(28)21(25)9-3-4-10-21/h1-2,5-8,11H,3-4,9-10,12H2,(H,24,28).